The first kappa shape index (κ1) is 24.6. The van der Waals surface area contributed by atoms with Gasteiger partial charge in [-0.15, -0.1) is 0 Å². The van der Waals surface area contributed by atoms with Crippen LogP contribution in [0.2, 0.25) is 5.02 Å². The number of nitrogens with zero attached hydrogens (tertiary/aromatic N) is 6. The van der Waals surface area contributed by atoms with E-state index >= 15 is 0 Å². The van der Waals surface area contributed by atoms with Crippen LogP contribution in [0.4, 0.5) is 5.82 Å². The number of fused-ring (bicyclic) bond motifs is 1. The van der Waals surface area contributed by atoms with Gasteiger partial charge < -0.3 is 15.4 Å². The molecule has 2 saturated heterocycles. The highest BCUT2D eigenvalue weighted by Gasteiger charge is 2.47. The van der Waals surface area contributed by atoms with Gasteiger partial charge >= 0.3 is 0 Å². The summed E-state index contributed by atoms with van der Waals surface area (Å²) >= 11 is 8.22. The second-order valence-electron chi connectivity index (χ2n) is 9.89. The van der Waals surface area contributed by atoms with E-state index in [4.69, 9.17) is 32.0 Å². The molecule has 3 aromatic heterocycles. The van der Waals surface area contributed by atoms with Crippen molar-refractivity contribution < 1.29 is 4.74 Å². The van der Waals surface area contributed by atoms with Crippen LogP contribution in [0, 0.1) is 5.41 Å². The summed E-state index contributed by atoms with van der Waals surface area (Å²) in [6, 6.07) is 12.1. The van der Waals surface area contributed by atoms with E-state index < -0.39 is 0 Å². The number of anilines is 1. The van der Waals surface area contributed by atoms with Gasteiger partial charge in [-0.3, -0.25) is 4.68 Å². The van der Waals surface area contributed by atoms with E-state index in [0.29, 0.717) is 10.2 Å². The van der Waals surface area contributed by atoms with E-state index in [0.717, 1.165) is 72.1 Å². The standard InChI is InChI=1S/C27H30ClN7OS/c1-3-35-12-9-19(33-35)18-5-4-6-22(24(18)28)37-26-30-15-21-20(32-26)7-8-23(31-21)34-13-10-27(11-14-34)16-36-17(2)25(27)29/h4-9,12,15,17,25H,3,10-11,13-14,16,29H2,1-2H3/t17-,25+/m0/s1. The molecule has 2 atom stereocenters. The monoisotopic (exact) mass is 535 g/mol. The van der Waals surface area contributed by atoms with Gasteiger partial charge in [-0.1, -0.05) is 23.7 Å². The second-order valence-corrected chi connectivity index (χ2v) is 11.3. The Hall–Kier alpha value is -2.72. The molecule has 10 heteroatoms. The molecule has 2 aliphatic heterocycles. The number of aryl methyl sites for hydroxylation is 1. The zero-order valence-electron chi connectivity index (χ0n) is 21.0. The quantitative estimate of drug-likeness (QED) is 0.355. The van der Waals surface area contributed by atoms with E-state index in [1.807, 2.05) is 47.3 Å². The number of nitrogens with two attached hydrogens (primary N) is 1. The smallest absolute Gasteiger partial charge is 0.193 e. The Bertz CT molecular complexity index is 1440. The fraction of sp³-hybridized carbons (Fsp3) is 0.407. The van der Waals surface area contributed by atoms with Crippen molar-refractivity contribution in [1.82, 2.24) is 24.7 Å². The maximum absolute atomic E-state index is 6.77. The normalized spacial score (nSPS) is 21.2. The van der Waals surface area contributed by atoms with Gasteiger partial charge in [-0.2, -0.15) is 5.10 Å². The Morgan fingerprint density at radius 2 is 1.97 bits per heavy atom. The minimum Gasteiger partial charge on any atom is -0.376 e. The van der Waals surface area contributed by atoms with Crippen molar-refractivity contribution in [2.24, 2.45) is 11.1 Å². The molecule has 4 aromatic rings. The first-order chi connectivity index (χ1) is 18.0. The van der Waals surface area contributed by atoms with Crippen LogP contribution in [0.3, 0.4) is 0 Å². The van der Waals surface area contributed by atoms with Crippen molar-refractivity contribution in [3.05, 3.63) is 53.8 Å². The number of rotatable bonds is 5. The molecule has 192 valence electrons. The molecule has 2 fully saturated rings. The molecule has 1 spiro atoms. The number of ether oxygens (including phenoxy) is 1. The van der Waals surface area contributed by atoms with Crippen molar-refractivity contribution in [2.45, 2.75) is 55.4 Å². The average Bonchev–Trinajstić information content (AvgIpc) is 3.51. The van der Waals surface area contributed by atoms with E-state index in [1.54, 1.807) is 6.20 Å². The number of benzene rings is 1. The third-order valence-corrected chi connectivity index (χ3v) is 9.19. The lowest BCUT2D eigenvalue weighted by molar-refractivity contribution is 0.0974. The minimum absolute atomic E-state index is 0.0939. The molecule has 8 nitrogen and oxygen atoms in total. The number of hydrogen-bond acceptors (Lipinski definition) is 8. The van der Waals surface area contributed by atoms with Crippen molar-refractivity contribution in [1.29, 1.82) is 0 Å². The predicted octanol–water partition coefficient (Wildman–Crippen LogP) is 5.05. The molecule has 1 aromatic carbocycles. The maximum Gasteiger partial charge on any atom is 0.193 e. The van der Waals surface area contributed by atoms with Gasteiger partial charge in [0.2, 0.25) is 0 Å². The fourth-order valence-electron chi connectivity index (χ4n) is 5.34. The fourth-order valence-corrected chi connectivity index (χ4v) is 6.47. The summed E-state index contributed by atoms with van der Waals surface area (Å²) in [4.78, 5) is 17.4. The minimum atomic E-state index is 0.0939. The van der Waals surface area contributed by atoms with E-state index in [1.165, 1.54) is 11.8 Å². The van der Waals surface area contributed by atoms with Gasteiger partial charge in [0.05, 0.1) is 35.1 Å². The maximum atomic E-state index is 6.77. The second kappa shape index (κ2) is 9.87. The molecule has 0 radical (unpaired) electrons. The molecule has 0 saturated carbocycles. The summed E-state index contributed by atoms with van der Waals surface area (Å²) in [5, 5.41) is 5.87. The summed E-state index contributed by atoms with van der Waals surface area (Å²) in [6.07, 6.45) is 5.92. The Balaban J connectivity index is 1.18. The lowest BCUT2D eigenvalue weighted by Crippen LogP contribution is -2.50. The average molecular weight is 536 g/mol. The highest BCUT2D eigenvalue weighted by molar-refractivity contribution is 7.99. The van der Waals surface area contributed by atoms with Crippen molar-refractivity contribution in [3.8, 4) is 11.3 Å². The number of aromatic nitrogens is 5. The largest absolute Gasteiger partial charge is 0.376 e. The van der Waals surface area contributed by atoms with Crippen LogP contribution in [0.1, 0.15) is 26.7 Å². The van der Waals surface area contributed by atoms with Crippen molar-refractivity contribution >= 4 is 40.2 Å². The van der Waals surface area contributed by atoms with Gasteiger partial charge in [0, 0.05) is 47.7 Å². The highest BCUT2D eigenvalue weighted by atomic mass is 35.5. The molecular formula is C27H30ClN7OS. The molecular weight excluding hydrogens is 506 g/mol. The first-order valence-electron chi connectivity index (χ1n) is 12.7. The van der Waals surface area contributed by atoms with Crippen LogP contribution >= 0.6 is 23.4 Å². The number of piperidine rings is 1. The molecule has 2 N–H and O–H groups in total. The number of pyridine rings is 1. The van der Waals surface area contributed by atoms with Crippen LogP contribution in [0.5, 0.6) is 0 Å². The zero-order chi connectivity index (χ0) is 25.6. The Morgan fingerprint density at radius 3 is 2.70 bits per heavy atom. The van der Waals surface area contributed by atoms with Gasteiger partial charge in [0.15, 0.2) is 5.16 Å². The lowest BCUT2D eigenvalue weighted by Gasteiger charge is -2.41. The SMILES string of the molecule is CCn1ccc(-c2cccc(Sc3ncc4nc(N5CCC6(CC5)CO[C@@H](C)[C@H]6N)ccc4n3)c2Cl)n1. The van der Waals surface area contributed by atoms with Crippen LogP contribution < -0.4 is 10.6 Å². The molecule has 0 unspecified atom stereocenters. The molecule has 0 aliphatic carbocycles. The third kappa shape index (κ3) is 4.58. The Morgan fingerprint density at radius 1 is 1.14 bits per heavy atom. The zero-order valence-corrected chi connectivity index (χ0v) is 22.5. The lowest BCUT2D eigenvalue weighted by atomic mass is 9.73. The van der Waals surface area contributed by atoms with Crippen LogP contribution in [0.25, 0.3) is 22.3 Å². The molecule has 0 amide bonds. The van der Waals surface area contributed by atoms with Gasteiger partial charge in [-0.05, 0) is 62.7 Å². The molecule has 0 bridgehead atoms. The summed E-state index contributed by atoms with van der Waals surface area (Å²) < 4.78 is 7.75. The van der Waals surface area contributed by atoms with Crippen LogP contribution in [-0.4, -0.2) is 56.6 Å². The van der Waals surface area contributed by atoms with Crippen LogP contribution in [0.15, 0.2) is 58.8 Å². The Kier molecular flexibility index (Phi) is 6.56. The van der Waals surface area contributed by atoms with Crippen LogP contribution in [-0.2, 0) is 11.3 Å². The van der Waals surface area contributed by atoms with E-state index in [-0.39, 0.29) is 17.6 Å². The Labute approximate surface area is 225 Å². The molecule has 6 rings (SSSR count). The van der Waals surface area contributed by atoms with Gasteiger partial charge in [0.25, 0.3) is 0 Å². The summed E-state index contributed by atoms with van der Waals surface area (Å²) in [7, 11) is 0. The summed E-state index contributed by atoms with van der Waals surface area (Å²) in [5.41, 5.74) is 9.91. The first-order valence-corrected chi connectivity index (χ1v) is 13.9. The van der Waals surface area contributed by atoms with E-state index in [2.05, 4.69) is 28.8 Å². The molecule has 5 heterocycles. The highest BCUT2D eigenvalue weighted by Crippen LogP contribution is 2.42. The molecule has 2 aliphatic rings. The van der Waals surface area contributed by atoms with Gasteiger partial charge in [0.1, 0.15) is 11.3 Å². The van der Waals surface area contributed by atoms with E-state index in [9.17, 15) is 0 Å². The third-order valence-electron chi connectivity index (χ3n) is 7.74. The summed E-state index contributed by atoms with van der Waals surface area (Å²) in [6.45, 7) is 7.55. The van der Waals surface area contributed by atoms with Crippen molar-refractivity contribution in [3.63, 3.8) is 0 Å². The summed E-state index contributed by atoms with van der Waals surface area (Å²) in [5.74, 6) is 0.953. The number of hydrogen-bond donors (Lipinski definition) is 1. The topological polar surface area (TPSA) is 95.0 Å². The van der Waals surface area contributed by atoms with Gasteiger partial charge in [-0.25, -0.2) is 15.0 Å². The predicted molar refractivity (Wildman–Crippen MR) is 147 cm³/mol. The van der Waals surface area contributed by atoms with Crippen molar-refractivity contribution in [2.75, 3.05) is 24.6 Å². The number of halogens is 1. The molecule has 37 heavy (non-hydrogen) atoms.